The third-order valence-electron chi connectivity index (χ3n) is 6.53. The number of methoxy groups -OCH3 is 1. The molecule has 0 saturated carbocycles. The number of hydrogen-bond donors (Lipinski definition) is 0. The fourth-order valence-corrected chi connectivity index (χ4v) is 5.50. The highest BCUT2D eigenvalue weighted by molar-refractivity contribution is 7.09. The van der Waals surface area contributed by atoms with Crippen LogP contribution in [0.2, 0.25) is 0 Å². The monoisotopic (exact) mass is 481 g/mol. The topological polar surface area (TPSA) is 61.8 Å². The van der Waals surface area contributed by atoms with Gasteiger partial charge < -0.3 is 19.4 Å². The van der Waals surface area contributed by atoms with E-state index < -0.39 is 0 Å². The van der Waals surface area contributed by atoms with Crippen molar-refractivity contribution < 1.29 is 13.9 Å². The van der Waals surface area contributed by atoms with Crippen LogP contribution in [-0.4, -0.2) is 66.0 Å². The molecule has 2 fully saturated rings. The second-order valence-corrected chi connectivity index (χ2v) is 9.36. The number of benzene rings is 2. The van der Waals surface area contributed by atoms with Gasteiger partial charge in [0, 0.05) is 50.7 Å². The maximum Gasteiger partial charge on any atom is 0.245 e. The molecular formula is C25H28FN5O2S. The van der Waals surface area contributed by atoms with Gasteiger partial charge in [0.15, 0.2) is 0 Å². The van der Waals surface area contributed by atoms with E-state index >= 15 is 0 Å². The summed E-state index contributed by atoms with van der Waals surface area (Å²) >= 11 is 1.34. The smallest absolute Gasteiger partial charge is 0.245 e. The van der Waals surface area contributed by atoms with Crippen LogP contribution in [0.4, 0.5) is 15.2 Å². The van der Waals surface area contributed by atoms with Gasteiger partial charge in [-0.15, -0.1) is 0 Å². The third kappa shape index (κ3) is 4.70. The lowest BCUT2D eigenvalue weighted by Crippen LogP contribution is -2.54. The Bertz CT molecular complexity index is 1130. The predicted octanol–water partition coefficient (Wildman–Crippen LogP) is 3.59. The first-order valence-electron chi connectivity index (χ1n) is 11.6. The molecule has 9 heteroatoms. The van der Waals surface area contributed by atoms with E-state index in [9.17, 15) is 9.18 Å². The maximum absolute atomic E-state index is 13.4. The Hall–Kier alpha value is -3.20. The van der Waals surface area contributed by atoms with Crippen molar-refractivity contribution in [3.8, 4) is 5.75 Å². The zero-order chi connectivity index (χ0) is 23.5. The molecule has 5 rings (SSSR count). The molecule has 1 amide bonds. The molecule has 0 aliphatic carbocycles. The Morgan fingerprint density at radius 2 is 1.85 bits per heavy atom. The van der Waals surface area contributed by atoms with Gasteiger partial charge in [0.25, 0.3) is 0 Å². The maximum atomic E-state index is 13.4. The number of carbonyl (C=O) groups is 1. The summed E-state index contributed by atoms with van der Waals surface area (Å²) in [6.45, 7) is 3.74. The van der Waals surface area contributed by atoms with E-state index in [1.165, 1.54) is 23.7 Å². The Kier molecular flexibility index (Phi) is 6.62. The highest BCUT2D eigenvalue weighted by Crippen LogP contribution is 2.31. The zero-order valence-electron chi connectivity index (χ0n) is 19.2. The molecule has 1 aromatic heterocycles. The molecule has 0 radical (unpaired) electrons. The minimum atomic E-state index is -0.252. The second-order valence-electron chi connectivity index (χ2n) is 8.63. The van der Waals surface area contributed by atoms with Gasteiger partial charge in [0.2, 0.25) is 11.0 Å². The number of aromatic nitrogens is 2. The quantitative estimate of drug-likeness (QED) is 0.536. The molecule has 2 aliphatic heterocycles. The van der Waals surface area contributed by atoms with Crippen LogP contribution in [0.15, 0.2) is 48.5 Å². The molecule has 0 spiro atoms. The number of halogens is 1. The summed E-state index contributed by atoms with van der Waals surface area (Å²) < 4.78 is 23.2. The molecular weight excluding hydrogens is 453 g/mol. The van der Waals surface area contributed by atoms with E-state index in [1.807, 2.05) is 23.1 Å². The van der Waals surface area contributed by atoms with Gasteiger partial charge >= 0.3 is 0 Å². The van der Waals surface area contributed by atoms with Crippen molar-refractivity contribution in [1.29, 1.82) is 0 Å². The van der Waals surface area contributed by atoms with Crippen LogP contribution in [0.1, 0.15) is 24.2 Å². The number of piperazine rings is 1. The van der Waals surface area contributed by atoms with Crippen molar-refractivity contribution in [1.82, 2.24) is 14.3 Å². The zero-order valence-corrected chi connectivity index (χ0v) is 20.0. The number of nitrogens with zero attached hydrogens (tertiary/aromatic N) is 5. The summed E-state index contributed by atoms with van der Waals surface area (Å²) in [6.07, 6.45) is 2.34. The highest BCUT2D eigenvalue weighted by Gasteiger charge is 2.36. The van der Waals surface area contributed by atoms with Gasteiger partial charge in [0.05, 0.1) is 12.8 Å². The van der Waals surface area contributed by atoms with Crippen LogP contribution in [0, 0.1) is 5.82 Å². The second kappa shape index (κ2) is 9.97. The minimum absolute atomic E-state index is 0.174. The van der Waals surface area contributed by atoms with Crippen LogP contribution in [0.3, 0.4) is 0 Å². The third-order valence-corrected chi connectivity index (χ3v) is 7.32. The van der Waals surface area contributed by atoms with Crippen LogP contribution in [0.25, 0.3) is 0 Å². The van der Waals surface area contributed by atoms with Crippen molar-refractivity contribution in [2.75, 3.05) is 49.6 Å². The number of amides is 1. The minimum Gasteiger partial charge on any atom is -0.495 e. The van der Waals surface area contributed by atoms with Gasteiger partial charge in [-0.25, -0.2) is 9.37 Å². The number of carbonyl (C=O) groups excluding carboxylic acids is 1. The van der Waals surface area contributed by atoms with E-state index in [4.69, 9.17) is 9.72 Å². The number of anilines is 2. The Morgan fingerprint density at radius 1 is 1.09 bits per heavy atom. The first-order chi connectivity index (χ1) is 16.6. The number of rotatable bonds is 6. The summed E-state index contributed by atoms with van der Waals surface area (Å²) in [7, 11) is 1.69. The van der Waals surface area contributed by atoms with Gasteiger partial charge in [0.1, 0.15) is 23.4 Å². The molecule has 2 aromatic carbocycles. The molecule has 3 aromatic rings. The SMILES string of the molecule is COc1ccccc1N1CCN(C(=O)C2CCCN2c2nc(Cc3ccc(F)cc3)ns2)CC1. The predicted molar refractivity (Wildman–Crippen MR) is 131 cm³/mol. The molecule has 34 heavy (non-hydrogen) atoms. The van der Waals surface area contributed by atoms with Gasteiger partial charge in [-0.3, -0.25) is 4.79 Å². The van der Waals surface area contributed by atoms with Crippen LogP contribution < -0.4 is 14.5 Å². The molecule has 1 unspecified atom stereocenters. The van der Waals surface area contributed by atoms with Crippen molar-refractivity contribution in [3.63, 3.8) is 0 Å². The molecule has 178 valence electrons. The number of ether oxygens (including phenoxy) is 1. The first kappa shape index (κ1) is 22.6. The van der Waals surface area contributed by atoms with Gasteiger partial charge in [-0.2, -0.15) is 4.37 Å². The molecule has 2 saturated heterocycles. The summed E-state index contributed by atoms with van der Waals surface area (Å²) in [5.41, 5.74) is 2.04. The molecule has 7 nitrogen and oxygen atoms in total. The first-order valence-corrected chi connectivity index (χ1v) is 12.4. The largest absolute Gasteiger partial charge is 0.495 e. The van der Waals surface area contributed by atoms with Crippen molar-refractivity contribution in [2.24, 2.45) is 0 Å². The van der Waals surface area contributed by atoms with Crippen LogP contribution in [-0.2, 0) is 11.2 Å². The summed E-state index contributed by atoms with van der Waals surface area (Å²) in [4.78, 5) is 24.5. The van der Waals surface area contributed by atoms with Crippen molar-refractivity contribution >= 4 is 28.3 Å². The normalized spacial score (nSPS) is 18.4. The lowest BCUT2D eigenvalue weighted by molar-refractivity contribution is -0.132. The molecule has 2 aliphatic rings. The Balaban J connectivity index is 1.22. The van der Waals surface area contributed by atoms with E-state index in [-0.39, 0.29) is 17.8 Å². The summed E-state index contributed by atoms with van der Waals surface area (Å²) in [5.74, 6) is 1.48. The molecule has 1 atom stereocenters. The fourth-order valence-electron chi connectivity index (χ4n) is 4.74. The lowest BCUT2D eigenvalue weighted by Gasteiger charge is -2.38. The number of para-hydroxylation sites is 2. The Morgan fingerprint density at radius 3 is 2.62 bits per heavy atom. The average molecular weight is 482 g/mol. The highest BCUT2D eigenvalue weighted by atomic mass is 32.1. The molecule has 0 bridgehead atoms. The standard InChI is InChI=1S/C25H28FN5O2S/c1-33-22-7-3-2-5-20(22)29-13-15-30(16-14-29)24(32)21-6-4-12-31(21)25-27-23(28-34-25)17-18-8-10-19(26)11-9-18/h2-3,5,7-11,21H,4,6,12-17H2,1H3. The summed E-state index contributed by atoms with van der Waals surface area (Å²) in [5, 5.41) is 0.792. The molecule has 0 N–H and O–H groups in total. The average Bonchev–Trinajstić information content (AvgIpc) is 3.55. The van der Waals surface area contributed by atoms with Crippen LogP contribution in [0.5, 0.6) is 5.75 Å². The van der Waals surface area contributed by atoms with E-state index in [2.05, 4.69) is 20.2 Å². The van der Waals surface area contributed by atoms with Crippen molar-refractivity contribution in [3.05, 3.63) is 65.7 Å². The van der Waals surface area contributed by atoms with Gasteiger partial charge in [-0.05, 0) is 42.7 Å². The van der Waals surface area contributed by atoms with E-state index in [0.717, 1.165) is 54.6 Å². The van der Waals surface area contributed by atoms with Crippen molar-refractivity contribution in [2.45, 2.75) is 25.3 Å². The van der Waals surface area contributed by atoms with E-state index in [0.29, 0.717) is 25.3 Å². The van der Waals surface area contributed by atoms with Gasteiger partial charge in [-0.1, -0.05) is 24.3 Å². The molecule has 3 heterocycles. The Labute approximate surface area is 202 Å². The lowest BCUT2D eigenvalue weighted by atomic mass is 10.1. The van der Waals surface area contributed by atoms with E-state index in [1.54, 1.807) is 19.2 Å². The fraction of sp³-hybridized carbons (Fsp3) is 0.400. The van der Waals surface area contributed by atoms with Crippen LogP contribution >= 0.6 is 11.5 Å². The number of hydrogen-bond acceptors (Lipinski definition) is 7. The summed E-state index contributed by atoms with van der Waals surface area (Å²) in [6, 6.07) is 14.2.